The maximum atomic E-state index is 11.4. The van der Waals surface area contributed by atoms with E-state index in [2.05, 4.69) is 22.0 Å². The zero-order valence-electron chi connectivity index (χ0n) is 13.0. The van der Waals surface area contributed by atoms with E-state index in [1.54, 1.807) is 0 Å². The van der Waals surface area contributed by atoms with Gasteiger partial charge in [-0.25, -0.2) is 0 Å². The number of hydrogen-bond donors (Lipinski definition) is 1. The number of carbonyl (C=O) groups is 1. The highest BCUT2D eigenvalue weighted by molar-refractivity contribution is 5.74. The molecule has 0 aliphatic carbocycles. The van der Waals surface area contributed by atoms with Gasteiger partial charge in [-0.05, 0) is 38.8 Å². The van der Waals surface area contributed by atoms with Crippen molar-refractivity contribution in [3.8, 4) is 0 Å². The Balaban J connectivity index is 1.86. The third kappa shape index (κ3) is 3.81. The normalized spacial score (nSPS) is 18.8. The number of unbranched alkanes of at least 4 members (excludes halogenated alkanes) is 1. The van der Waals surface area contributed by atoms with Crippen molar-refractivity contribution in [1.29, 1.82) is 0 Å². The number of carboxylic acids is 1. The Morgan fingerprint density at radius 3 is 2.67 bits per heavy atom. The minimum absolute atomic E-state index is 0.544. The second-order valence-electron chi connectivity index (χ2n) is 5.92. The van der Waals surface area contributed by atoms with Gasteiger partial charge >= 0.3 is 5.97 Å². The standard InChI is InChI=1S/C15H25N3O3/c1-3-5-6-12-16-13(21-17-12)11-18-9-7-15(4-2,8-10-18)14(19)20/h3-11H2,1-2H3,(H,19,20). The summed E-state index contributed by atoms with van der Waals surface area (Å²) in [6.07, 6.45) is 5.12. The predicted molar refractivity (Wildman–Crippen MR) is 77.8 cm³/mol. The fourth-order valence-electron chi connectivity index (χ4n) is 2.84. The fraction of sp³-hybridized carbons (Fsp3) is 0.800. The van der Waals surface area contributed by atoms with Crippen molar-refractivity contribution in [3.63, 3.8) is 0 Å². The molecule has 6 nitrogen and oxygen atoms in total. The summed E-state index contributed by atoms with van der Waals surface area (Å²) in [6.45, 7) is 6.26. The van der Waals surface area contributed by atoms with Crippen molar-refractivity contribution in [2.24, 2.45) is 5.41 Å². The monoisotopic (exact) mass is 295 g/mol. The van der Waals surface area contributed by atoms with Gasteiger partial charge in [-0.2, -0.15) is 4.98 Å². The van der Waals surface area contributed by atoms with Gasteiger partial charge in [-0.15, -0.1) is 0 Å². The minimum atomic E-state index is -0.663. The van der Waals surface area contributed by atoms with Crippen LogP contribution in [0.15, 0.2) is 4.52 Å². The van der Waals surface area contributed by atoms with E-state index in [0.717, 1.165) is 38.2 Å². The van der Waals surface area contributed by atoms with Crippen molar-refractivity contribution in [3.05, 3.63) is 11.7 Å². The fourth-order valence-corrected chi connectivity index (χ4v) is 2.84. The molecule has 21 heavy (non-hydrogen) atoms. The maximum Gasteiger partial charge on any atom is 0.309 e. The van der Waals surface area contributed by atoms with Crippen LogP contribution in [0.4, 0.5) is 0 Å². The second-order valence-corrected chi connectivity index (χ2v) is 5.92. The number of piperidine rings is 1. The van der Waals surface area contributed by atoms with Crippen LogP contribution >= 0.6 is 0 Å². The highest BCUT2D eigenvalue weighted by atomic mass is 16.5. The van der Waals surface area contributed by atoms with Gasteiger partial charge in [0.05, 0.1) is 12.0 Å². The van der Waals surface area contributed by atoms with E-state index in [-0.39, 0.29) is 0 Å². The van der Waals surface area contributed by atoms with E-state index in [4.69, 9.17) is 4.52 Å². The molecule has 1 aromatic heterocycles. The molecular weight excluding hydrogens is 270 g/mol. The molecule has 1 aliphatic heterocycles. The molecule has 1 aromatic rings. The number of aromatic nitrogens is 2. The highest BCUT2D eigenvalue weighted by Crippen LogP contribution is 2.35. The molecule has 1 aliphatic rings. The Morgan fingerprint density at radius 1 is 1.38 bits per heavy atom. The molecule has 0 bridgehead atoms. The summed E-state index contributed by atoms with van der Waals surface area (Å²) < 4.78 is 5.27. The Morgan fingerprint density at radius 2 is 2.10 bits per heavy atom. The van der Waals surface area contributed by atoms with Crippen molar-refractivity contribution in [2.45, 2.75) is 58.9 Å². The van der Waals surface area contributed by atoms with E-state index in [1.807, 2.05) is 6.92 Å². The Hall–Kier alpha value is -1.43. The first kappa shape index (κ1) is 15.9. The molecule has 0 aromatic carbocycles. The third-order valence-electron chi connectivity index (χ3n) is 4.57. The summed E-state index contributed by atoms with van der Waals surface area (Å²) >= 11 is 0. The average molecular weight is 295 g/mol. The molecule has 2 rings (SSSR count). The predicted octanol–water partition coefficient (Wildman–Crippen LogP) is 2.49. The summed E-state index contributed by atoms with van der Waals surface area (Å²) in [5.41, 5.74) is -0.544. The first-order chi connectivity index (χ1) is 10.1. The molecule has 0 atom stereocenters. The molecule has 6 heteroatoms. The summed E-state index contributed by atoms with van der Waals surface area (Å²) in [4.78, 5) is 18.0. The summed E-state index contributed by atoms with van der Waals surface area (Å²) in [5.74, 6) is 0.752. The minimum Gasteiger partial charge on any atom is -0.481 e. The molecule has 2 heterocycles. The van der Waals surface area contributed by atoms with Gasteiger partial charge in [-0.3, -0.25) is 9.69 Å². The molecule has 0 radical (unpaired) electrons. The molecular formula is C15H25N3O3. The van der Waals surface area contributed by atoms with Crippen LogP contribution < -0.4 is 0 Å². The van der Waals surface area contributed by atoms with Crippen LogP contribution in [0.1, 0.15) is 57.7 Å². The number of rotatable bonds is 7. The average Bonchev–Trinajstić information content (AvgIpc) is 2.93. The summed E-state index contributed by atoms with van der Waals surface area (Å²) in [6, 6.07) is 0. The number of hydrogen-bond acceptors (Lipinski definition) is 5. The summed E-state index contributed by atoms with van der Waals surface area (Å²) in [5, 5.41) is 13.4. The first-order valence-corrected chi connectivity index (χ1v) is 7.87. The Kier molecular flexibility index (Phi) is 5.33. The first-order valence-electron chi connectivity index (χ1n) is 7.87. The lowest BCUT2D eigenvalue weighted by atomic mass is 9.76. The van der Waals surface area contributed by atoms with E-state index in [0.29, 0.717) is 31.7 Å². The topological polar surface area (TPSA) is 79.5 Å². The largest absolute Gasteiger partial charge is 0.481 e. The summed E-state index contributed by atoms with van der Waals surface area (Å²) in [7, 11) is 0. The smallest absolute Gasteiger partial charge is 0.309 e. The molecule has 0 amide bonds. The quantitative estimate of drug-likeness (QED) is 0.832. The number of carboxylic acid groups (broad SMARTS) is 1. The molecule has 0 spiro atoms. The molecule has 1 saturated heterocycles. The number of aliphatic carboxylic acids is 1. The van der Waals surface area contributed by atoms with Crippen molar-refractivity contribution in [2.75, 3.05) is 13.1 Å². The Bertz CT molecular complexity index is 464. The van der Waals surface area contributed by atoms with Crippen LogP contribution in [0.25, 0.3) is 0 Å². The van der Waals surface area contributed by atoms with Gasteiger partial charge < -0.3 is 9.63 Å². The van der Waals surface area contributed by atoms with Crippen LogP contribution in [0, 0.1) is 5.41 Å². The van der Waals surface area contributed by atoms with Gasteiger partial charge in [0.25, 0.3) is 0 Å². The number of aryl methyl sites for hydroxylation is 1. The molecule has 1 N–H and O–H groups in total. The molecule has 1 fully saturated rings. The highest BCUT2D eigenvalue weighted by Gasteiger charge is 2.39. The number of nitrogens with zero attached hydrogens (tertiary/aromatic N) is 3. The molecule has 0 unspecified atom stereocenters. The van der Waals surface area contributed by atoms with Crippen LogP contribution in [-0.4, -0.2) is 39.2 Å². The second kappa shape index (κ2) is 7.02. The lowest BCUT2D eigenvalue weighted by molar-refractivity contribution is -0.152. The van der Waals surface area contributed by atoms with Gasteiger partial charge in [-0.1, -0.05) is 25.4 Å². The van der Waals surface area contributed by atoms with Crippen molar-refractivity contribution < 1.29 is 14.4 Å². The molecule has 118 valence electrons. The Labute approximate surface area is 125 Å². The van der Waals surface area contributed by atoms with Gasteiger partial charge in [0.1, 0.15) is 0 Å². The van der Waals surface area contributed by atoms with Crippen LogP contribution in [-0.2, 0) is 17.8 Å². The lowest BCUT2D eigenvalue weighted by Gasteiger charge is -2.37. The van der Waals surface area contributed by atoms with Crippen LogP contribution in [0.5, 0.6) is 0 Å². The van der Waals surface area contributed by atoms with Gasteiger partial charge in [0.15, 0.2) is 5.82 Å². The number of likely N-dealkylation sites (tertiary alicyclic amines) is 1. The maximum absolute atomic E-state index is 11.4. The van der Waals surface area contributed by atoms with Gasteiger partial charge in [0, 0.05) is 6.42 Å². The van der Waals surface area contributed by atoms with Crippen LogP contribution in [0.3, 0.4) is 0 Å². The third-order valence-corrected chi connectivity index (χ3v) is 4.57. The van der Waals surface area contributed by atoms with E-state index >= 15 is 0 Å². The van der Waals surface area contributed by atoms with E-state index in [9.17, 15) is 9.90 Å². The van der Waals surface area contributed by atoms with Crippen molar-refractivity contribution in [1.82, 2.24) is 15.0 Å². The van der Waals surface area contributed by atoms with E-state index in [1.165, 1.54) is 0 Å². The lowest BCUT2D eigenvalue weighted by Crippen LogP contribution is -2.43. The van der Waals surface area contributed by atoms with E-state index < -0.39 is 11.4 Å². The molecule has 0 saturated carbocycles. The zero-order valence-corrected chi connectivity index (χ0v) is 13.0. The SMILES string of the molecule is CCCCc1noc(CN2CCC(CC)(C(=O)O)CC2)n1. The van der Waals surface area contributed by atoms with Crippen LogP contribution in [0.2, 0.25) is 0 Å². The zero-order chi connectivity index (χ0) is 15.3. The van der Waals surface area contributed by atoms with Gasteiger partial charge in [0.2, 0.25) is 5.89 Å². The van der Waals surface area contributed by atoms with Crippen molar-refractivity contribution >= 4 is 5.97 Å².